The maximum absolute atomic E-state index is 13.7. The van der Waals surface area contributed by atoms with Crippen molar-refractivity contribution in [3.8, 4) is 17.2 Å². The van der Waals surface area contributed by atoms with E-state index in [0.29, 0.717) is 29.7 Å². The first-order valence-electron chi connectivity index (χ1n) is 15.5. The highest BCUT2D eigenvalue weighted by Crippen LogP contribution is 2.30. The molecule has 45 heavy (non-hydrogen) atoms. The number of carbonyl (C=O) groups is 1. The van der Waals surface area contributed by atoms with E-state index < -0.39 is 6.10 Å². The number of anilines is 3. The summed E-state index contributed by atoms with van der Waals surface area (Å²) in [4.78, 5) is 29.2. The predicted octanol–water partition coefficient (Wildman–Crippen LogP) is 4.61. The van der Waals surface area contributed by atoms with Gasteiger partial charge in [-0.05, 0) is 62.6 Å². The number of aromatic nitrogens is 5. The van der Waals surface area contributed by atoms with Gasteiger partial charge in [-0.15, -0.1) is 0 Å². The topological polar surface area (TPSA) is 157 Å². The number of pyridine rings is 1. The Morgan fingerprint density at radius 1 is 1.00 bits per heavy atom. The van der Waals surface area contributed by atoms with Crippen LogP contribution in [0.15, 0.2) is 67.3 Å². The molecule has 0 saturated heterocycles. The van der Waals surface area contributed by atoms with Gasteiger partial charge in [-0.25, -0.2) is 14.8 Å². The zero-order valence-corrected chi connectivity index (χ0v) is 25.3. The number of nitriles is 1. The van der Waals surface area contributed by atoms with E-state index >= 15 is 0 Å². The minimum absolute atomic E-state index is 0.0430. The molecule has 0 aliphatic heterocycles. The van der Waals surface area contributed by atoms with Crippen LogP contribution in [0.1, 0.15) is 56.1 Å². The molecule has 2 unspecified atom stereocenters. The molecule has 6 rings (SSSR count). The standard InChI is InChI=1S/C33H38N10O2/c1-42-21-25(20-38-42)23-10-15-30(35-18-23)43(33(45)37-17-22-6-3-2-4-7-22)27-13-11-26(12-14-27)39-32-36-19-24(16-34)31(41-32)40-28-8-5-9-29(28)44/h2-4,6-7,10,15,18-21,26-29,44H,5,8-9,11-14,17H2,1H3,(H,37,45)(H2,36,39,40,41)/t26-,27-,28?,29?. The summed E-state index contributed by atoms with van der Waals surface area (Å²) in [5.74, 6) is 1.49. The molecule has 2 atom stereocenters. The molecule has 0 spiro atoms. The van der Waals surface area contributed by atoms with Crippen molar-refractivity contribution in [3.63, 3.8) is 0 Å². The fraction of sp³-hybridized carbons (Fsp3) is 0.394. The Morgan fingerprint density at radius 2 is 1.82 bits per heavy atom. The number of aryl methyl sites for hydroxylation is 1. The van der Waals surface area contributed by atoms with Gasteiger partial charge in [-0.3, -0.25) is 9.58 Å². The monoisotopic (exact) mass is 606 g/mol. The molecule has 3 aromatic heterocycles. The number of hydrogen-bond acceptors (Lipinski definition) is 9. The van der Waals surface area contributed by atoms with Crippen LogP contribution >= 0.6 is 0 Å². The molecule has 232 valence electrons. The van der Waals surface area contributed by atoms with Gasteiger partial charge >= 0.3 is 6.03 Å². The molecule has 3 heterocycles. The SMILES string of the molecule is Cn1cc(-c2ccc(N(C(=O)NCc3ccccc3)[C@H]3CC[C@H](Nc4ncc(C#N)c(NC5CCCC5O)n4)CC3)nc2)cn1. The predicted molar refractivity (Wildman–Crippen MR) is 171 cm³/mol. The third-order valence-electron chi connectivity index (χ3n) is 8.64. The molecule has 2 saturated carbocycles. The number of nitrogens with one attached hydrogen (secondary N) is 3. The zero-order valence-electron chi connectivity index (χ0n) is 25.3. The molecule has 12 heteroatoms. The lowest BCUT2D eigenvalue weighted by Crippen LogP contribution is -2.49. The fourth-order valence-corrected chi connectivity index (χ4v) is 6.17. The van der Waals surface area contributed by atoms with Gasteiger partial charge in [0.15, 0.2) is 0 Å². The van der Waals surface area contributed by atoms with E-state index in [9.17, 15) is 15.2 Å². The Morgan fingerprint density at radius 3 is 2.49 bits per heavy atom. The van der Waals surface area contributed by atoms with Crippen LogP contribution in [-0.4, -0.2) is 60.1 Å². The van der Waals surface area contributed by atoms with E-state index in [1.54, 1.807) is 22.0 Å². The normalized spacial score (nSPS) is 21.1. The van der Waals surface area contributed by atoms with E-state index in [1.807, 2.05) is 55.7 Å². The number of nitrogens with zero attached hydrogens (tertiary/aromatic N) is 7. The molecular weight excluding hydrogens is 568 g/mol. The summed E-state index contributed by atoms with van der Waals surface area (Å²) >= 11 is 0. The van der Waals surface area contributed by atoms with E-state index in [0.717, 1.165) is 61.6 Å². The van der Waals surface area contributed by atoms with E-state index in [4.69, 9.17) is 4.98 Å². The van der Waals surface area contributed by atoms with Crippen molar-refractivity contribution in [2.45, 2.75) is 75.7 Å². The number of carbonyl (C=O) groups excluding carboxylic acids is 1. The number of rotatable bonds is 9. The van der Waals surface area contributed by atoms with Crippen molar-refractivity contribution in [1.82, 2.24) is 30.0 Å². The van der Waals surface area contributed by atoms with Crippen LogP contribution in [0.3, 0.4) is 0 Å². The van der Waals surface area contributed by atoms with Crippen LogP contribution in [0, 0.1) is 11.3 Å². The number of aliphatic hydroxyl groups excluding tert-OH is 1. The van der Waals surface area contributed by atoms with Crippen molar-refractivity contribution in [2.24, 2.45) is 7.05 Å². The molecule has 4 N–H and O–H groups in total. The lowest BCUT2D eigenvalue weighted by Gasteiger charge is -2.36. The number of benzene rings is 1. The first-order chi connectivity index (χ1) is 22.0. The average molecular weight is 607 g/mol. The Bertz CT molecular complexity index is 1630. The quantitative estimate of drug-likeness (QED) is 0.214. The number of aliphatic hydroxyl groups is 1. The summed E-state index contributed by atoms with van der Waals surface area (Å²) in [5.41, 5.74) is 3.27. The largest absolute Gasteiger partial charge is 0.391 e. The third-order valence-corrected chi connectivity index (χ3v) is 8.64. The number of amides is 2. The summed E-state index contributed by atoms with van der Waals surface area (Å²) < 4.78 is 1.75. The summed E-state index contributed by atoms with van der Waals surface area (Å²) in [6, 6.07) is 15.6. The van der Waals surface area contributed by atoms with Crippen molar-refractivity contribution in [3.05, 3.63) is 78.4 Å². The van der Waals surface area contributed by atoms with Crippen molar-refractivity contribution < 1.29 is 9.90 Å². The summed E-state index contributed by atoms with van der Waals surface area (Å²) in [7, 11) is 1.88. The first-order valence-corrected chi connectivity index (χ1v) is 15.5. The van der Waals surface area contributed by atoms with Crippen LogP contribution in [0.4, 0.5) is 22.4 Å². The summed E-state index contributed by atoms with van der Waals surface area (Å²) in [6.45, 7) is 0.422. The van der Waals surface area contributed by atoms with Gasteiger partial charge in [0.25, 0.3) is 0 Å². The van der Waals surface area contributed by atoms with Gasteiger partial charge in [0.05, 0.1) is 24.5 Å². The lowest BCUT2D eigenvalue weighted by atomic mass is 9.90. The van der Waals surface area contributed by atoms with Crippen molar-refractivity contribution in [1.29, 1.82) is 5.26 Å². The van der Waals surface area contributed by atoms with Gasteiger partial charge < -0.3 is 21.1 Å². The second-order valence-electron chi connectivity index (χ2n) is 11.8. The zero-order chi connectivity index (χ0) is 31.2. The molecule has 2 aliphatic carbocycles. The Kier molecular flexibility index (Phi) is 9.17. The molecule has 2 aliphatic rings. The van der Waals surface area contributed by atoms with Gasteiger partial charge in [0.2, 0.25) is 5.95 Å². The second-order valence-corrected chi connectivity index (χ2v) is 11.8. The third kappa shape index (κ3) is 7.21. The van der Waals surface area contributed by atoms with Crippen molar-refractivity contribution >= 4 is 23.6 Å². The summed E-state index contributed by atoms with van der Waals surface area (Å²) in [6.07, 6.45) is 12.2. The highest BCUT2D eigenvalue weighted by Gasteiger charge is 2.32. The molecule has 12 nitrogen and oxygen atoms in total. The first kappa shape index (κ1) is 30.0. The molecule has 2 amide bonds. The highest BCUT2D eigenvalue weighted by atomic mass is 16.3. The lowest BCUT2D eigenvalue weighted by molar-refractivity contribution is 0.171. The average Bonchev–Trinajstić information content (AvgIpc) is 3.69. The van der Waals surface area contributed by atoms with Gasteiger partial charge in [0.1, 0.15) is 23.3 Å². The van der Waals surface area contributed by atoms with E-state index in [1.165, 1.54) is 6.20 Å². The Hall–Kier alpha value is -5.02. The second kappa shape index (κ2) is 13.7. The molecule has 1 aromatic carbocycles. The number of hydrogen-bond donors (Lipinski definition) is 4. The van der Waals surface area contributed by atoms with Gasteiger partial charge in [-0.2, -0.15) is 15.3 Å². The molecule has 0 bridgehead atoms. The highest BCUT2D eigenvalue weighted by molar-refractivity contribution is 5.91. The maximum Gasteiger partial charge on any atom is 0.323 e. The fourth-order valence-electron chi connectivity index (χ4n) is 6.17. The van der Waals surface area contributed by atoms with E-state index in [-0.39, 0.29) is 24.2 Å². The van der Waals surface area contributed by atoms with Crippen molar-refractivity contribution in [2.75, 3.05) is 15.5 Å². The van der Waals surface area contributed by atoms with Crippen LogP contribution < -0.4 is 20.9 Å². The maximum atomic E-state index is 13.7. The van der Waals surface area contributed by atoms with Crippen LogP contribution in [-0.2, 0) is 13.6 Å². The Labute approximate surface area is 262 Å². The summed E-state index contributed by atoms with van der Waals surface area (Å²) in [5, 5.41) is 33.9. The minimum Gasteiger partial charge on any atom is -0.391 e. The smallest absolute Gasteiger partial charge is 0.323 e. The number of urea groups is 1. The molecule has 0 radical (unpaired) electrons. The van der Waals surface area contributed by atoms with Gasteiger partial charge in [-0.1, -0.05) is 30.3 Å². The van der Waals surface area contributed by atoms with Crippen LogP contribution in [0.5, 0.6) is 0 Å². The van der Waals surface area contributed by atoms with E-state index in [2.05, 4.69) is 37.1 Å². The van der Waals surface area contributed by atoms with Crippen LogP contribution in [0.2, 0.25) is 0 Å². The molecular formula is C33H38N10O2. The van der Waals surface area contributed by atoms with Gasteiger partial charge in [0, 0.05) is 49.2 Å². The Balaban J connectivity index is 1.14. The van der Waals surface area contributed by atoms with Crippen LogP contribution in [0.25, 0.3) is 11.1 Å². The molecule has 2 fully saturated rings. The minimum atomic E-state index is -0.452. The molecule has 4 aromatic rings.